The van der Waals surface area contributed by atoms with Crippen molar-refractivity contribution in [2.24, 2.45) is 0 Å². The Kier molecular flexibility index (Phi) is 6.26. The molecule has 0 spiro atoms. The zero-order chi connectivity index (χ0) is 18.4. The number of methoxy groups -OCH3 is 3. The van der Waals surface area contributed by atoms with Crippen molar-refractivity contribution in [3.8, 4) is 11.8 Å². The summed E-state index contributed by atoms with van der Waals surface area (Å²) in [6.07, 6.45) is -1.19. The van der Waals surface area contributed by atoms with Gasteiger partial charge in [0, 0.05) is 25.2 Å². The van der Waals surface area contributed by atoms with Crippen molar-refractivity contribution in [3.05, 3.63) is 41.2 Å². The average molecular weight is 347 g/mol. The predicted molar refractivity (Wildman–Crippen MR) is 90.7 cm³/mol. The van der Waals surface area contributed by atoms with E-state index in [9.17, 15) is 9.90 Å². The molecule has 0 bridgehead atoms. The highest BCUT2D eigenvalue weighted by molar-refractivity contribution is 5.90. The summed E-state index contributed by atoms with van der Waals surface area (Å²) in [7, 11) is 4.47. The predicted octanol–water partition coefficient (Wildman–Crippen LogP) is 1.68. The molecule has 8 heteroatoms. The molecule has 2 rings (SSSR count). The lowest BCUT2D eigenvalue weighted by atomic mass is 10.0. The smallest absolute Gasteiger partial charge is 0.221 e. The van der Waals surface area contributed by atoms with E-state index < -0.39 is 6.10 Å². The average Bonchev–Trinajstić information content (AvgIpc) is 2.61. The number of hydrogen-bond acceptors (Lipinski definition) is 7. The summed E-state index contributed by atoms with van der Waals surface area (Å²) in [6.45, 7) is 1.67. The molecular formula is C17H21N3O5. The molecule has 134 valence electrons. The molecule has 8 nitrogen and oxygen atoms in total. The van der Waals surface area contributed by atoms with Gasteiger partial charge in [0.1, 0.15) is 6.10 Å². The first-order valence-corrected chi connectivity index (χ1v) is 7.53. The van der Waals surface area contributed by atoms with Crippen LogP contribution in [0.25, 0.3) is 0 Å². The molecule has 2 N–H and O–H groups in total. The topological polar surface area (TPSA) is 103 Å². The van der Waals surface area contributed by atoms with Gasteiger partial charge in [0.2, 0.25) is 17.7 Å². The Labute approximate surface area is 145 Å². The number of nitrogens with zero attached hydrogens (tertiary/aromatic N) is 2. The minimum Gasteiger partial charge on any atom is -0.481 e. The van der Waals surface area contributed by atoms with Crippen LogP contribution in [0, 0.1) is 0 Å². The molecular weight excluding hydrogens is 326 g/mol. The maximum atomic E-state index is 11.6. The zero-order valence-corrected chi connectivity index (χ0v) is 14.6. The van der Waals surface area contributed by atoms with Crippen LogP contribution in [0.3, 0.4) is 0 Å². The molecule has 0 saturated carbocycles. The second-order valence-electron chi connectivity index (χ2n) is 5.21. The third kappa shape index (κ3) is 4.43. The van der Waals surface area contributed by atoms with Crippen LogP contribution >= 0.6 is 0 Å². The van der Waals surface area contributed by atoms with Gasteiger partial charge in [-0.25, -0.2) is 0 Å². The molecule has 2 aromatic rings. The SMILES string of the molecule is COCc1cccc(C(O)c2nc(OC)cc(OC)n2)c1NC(C)=O. The van der Waals surface area contributed by atoms with E-state index in [1.165, 1.54) is 27.2 Å². The second-order valence-corrected chi connectivity index (χ2v) is 5.21. The van der Waals surface area contributed by atoms with Crippen LogP contribution in [0.2, 0.25) is 0 Å². The number of ether oxygens (including phenoxy) is 3. The molecule has 25 heavy (non-hydrogen) atoms. The molecule has 1 heterocycles. The van der Waals surface area contributed by atoms with Gasteiger partial charge in [0.25, 0.3) is 0 Å². The minimum absolute atomic E-state index is 0.0948. The lowest BCUT2D eigenvalue weighted by Crippen LogP contribution is -2.15. The first kappa shape index (κ1) is 18.6. The molecule has 0 saturated heterocycles. The Balaban J connectivity index is 2.53. The first-order valence-electron chi connectivity index (χ1n) is 7.53. The van der Waals surface area contributed by atoms with Gasteiger partial charge in [-0.2, -0.15) is 9.97 Å². The highest BCUT2D eigenvalue weighted by Gasteiger charge is 2.22. The standard InChI is InChI=1S/C17H21N3O5/c1-10(21)18-15-11(9-23-2)6-5-7-12(15)16(22)17-19-13(24-3)8-14(20-17)25-4/h5-8,16,22H,9H2,1-4H3,(H,18,21). The molecule has 0 aliphatic heterocycles. The number of carbonyl (C=O) groups is 1. The summed E-state index contributed by atoms with van der Waals surface area (Å²) in [5.74, 6) is 0.351. The normalized spacial score (nSPS) is 11.7. The van der Waals surface area contributed by atoms with E-state index in [1.807, 2.05) is 0 Å². The summed E-state index contributed by atoms with van der Waals surface area (Å²) < 4.78 is 15.4. The third-order valence-electron chi connectivity index (χ3n) is 3.44. The van der Waals surface area contributed by atoms with Crippen molar-refractivity contribution >= 4 is 11.6 Å². The monoisotopic (exact) mass is 347 g/mol. The van der Waals surface area contributed by atoms with Crippen molar-refractivity contribution in [3.63, 3.8) is 0 Å². The van der Waals surface area contributed by atoms with Gasteiger partial charge in [-0.05, 0) is 0 Å². The Morgan fingerprint density at radius 2 is 1.84 bits per heavy atom. The van der Waals surface area contributed by atoms with Crippen LogP contribution in [-0.4, -0.2) is 42.3 Å². The van der Waals surface area contributed by atoms with Crippen LogP contribution in [0.4, 0.5) is 5.69 Å². The number of amides is 1. The largest absolute Gasteiger partial charge is 0.481 e. The van der Waals surface area contributed by atoms with E-state index >= 15 is 0 Å². The molecule has 1 aromatic heterocycles. The number of aromatic nitrogens is 2. The third-order valence-corrected chi connectivity index (χ3v) is 3.44. The van der Waals surface area contributed by atoms with Gasteiger partial charge in [0.05, 0.1) is 32.6 Å². The number of aliphatic hydroxyl groups excluding tert-OH is 1. The number of aliphatic hydroxyl groups is 1. The summed E-state index contributed by atoms with van der Waals surface area (Å²) in [6, 6.07) is 6.75. The maximum absolute atomic E-state index is 11.6. The van der Waals surface area contributed by atoms with Crippen molar-refractivity contribution in [2.75, 3.05) is 26.6 Å². The highest BCUT2D eigenvalue weighted by Crippen LogP contribution is 2.31. The molecule has 0 aliphatic rings. The molecule has 1 amide bonds. The van der Waals surface area contributed by atoms with Crippen molar-refractivity contribution in [1.29, 1.82) is 0 Å². The zero-order valence-electron chi connectivity index (χ0n) is 14.6. The summed E-state index contributed by atoms with van der Waals surface area (Å²) >= 11 is 0. The van der Waals surface area contributed by atoms with E-state index in [1.54, 1.807) is 25.3 Å². The Bertz CT molecular complexity index is 729. The van der Waals surface area contributed by atoms with E-state index in [4.69, 9.17) is 14.2 Å². The molecule has 0 fully saturated rings. The summed E-state index contributed by atoms with van der Waals surface area (Å²) in [5, 5.41) is 13.5. The quantitative estimate of drug-likeness (QED) is 0.785. The maximum Gasteiger partial charge on any atom is 0.221 e. The van der Waals surface area contributed by atoms with Gasteiger partial charge in [0.15, 0.2) is 5.82 Å². The highest BCUT2D eigenvalue weighted by atomic mass is 16.5. The number of anilines is 1. The first-order chi connectivity index (χ1) is 12.0. The summed E-state index contributed by atoms with van der Waals surface area (Å²) in [4.78, 5) is 19.9. The van der Waals surface area contributed by atoms with Crippen LogP contribution in [0.1, 0.15) is 30.0 Å². The Hall–Kier alpha value is -2.71. The minimum atomic E-state index is -1.19. The Morgan fingerprint density at radius 1 is 1.20 bits per heavy atom. The number of hydrogen-bond donors (Lipinski definition) is 2. The fourth-order valence-corrected chi connectivity index (χ4v) is 2.34. The number of carbonyl (C=O) groups excluding carboxylic acids is 1. The summed E-state index contributed by atoms with van der Waals surface area (Å²) in [5.41, 5.74) is 1.64. The van der Waals surface area contributed by atoms with Gasteiger partial charge >= 0.3 is 0 Å². The van der Waals surface area contributed by atoms with E-state index in [0.29, 0.717) is 11.3 Å². The van der Waals surface area contributed by atoms with Crippen LogP contribution in [0.5, 0.6) is 11.8 Å². The second kappa shape index (κ2) is 8.41. The van der Waals surface area contributed by atoms with Gasteiger partial charge in [-0.15, -0.1) is 0 Å². The lowest BCUT2D eigenvalue weighted by Gasteiger charge is -2.18. The number of benzene rings is 1. The van der Waals surface area contributed by atoms with Gasteiger partial charge < -0.3 is 24.6 Å². The molecule has 1 atom stereocenters. The number of rotatable bonds is 7. The molecule has 0 radical (unpaired) electrons. The van der Waals surface area contributed by atoms with Crippen molar-refractivity contribution < 1.29 is 24.1 Å². The van der Waals surface area contributed by atoms with E-state index in [-0.39, 0.29) is 30.1 Å². The lowest BCUT2D eigenvalue weighted by molar-refractivity contribution is -0.114. The number of nitrogens with one attached hydrogen (secondary N) is 1. The van der Waals surface area contributed by atoms with Crippen LogP contribution in [0.15, 0.2) is 24.3 Å². The molecule has 1 aromatic carbocycles. The molecule has 1 unspecified atom stereocenters. The van der Waals surface area contributed by atoms with Gasteiger partial charge in [-0.3, -0.25) is 4.79 Å². The molecule has 0 aliphatic carbocycles. The fourth-order valence-electron chi connectivity index (χ4n) is 2.34. The van der Waals surface area contributed by atoms with Crippen LogP contribution < -0.4 is 14.8 Å². The Morgan fingerprint density at radius 3 is 2.36 bits per heavy atom. The fraction of sp³-hybridized carbons (Fsp3) is 0.353. The van der Waals surface area contributed by atoms with E-state index in [2.05, 4.69) is 15.3 Å². The van der Waals surface area contributed by atoms with Crippen molar-refractivity contribution in [1.82, 2.24) is 9.97 Å². The van der Waals surface area contributed by atoms with Crippen LogP contribution in [-0.2, 0) is 16.1 Å². The number of para-hydroxylation sites is 1. The van der Waals surface area contributed by atoms with Crippen molar-refractivity contribution in [2.45, 2.75) is 19.6 Å². The van der Waals surface area contributed by atoms with Gasteiger partial charge in [-0.1, -0.05) is 18.2 Å². The van der Waals surface area contributed by atoms with E-state index in [0.717, 1.165) is 5.56 Å².